The van der Waals surface area contributed by atoms with E-state index in [0.29, 0.717) is 12.5 Å². The highest BCUT2D eigenvalue weighted by atomic mass is 16.2. The standard InChI is InChI=1S/C15H22N2O/c1-15(2,3)13-9-10-14(18)17(13)12-7-5-11(16-4)6-8-12/h5-8,13,16H,9-10H2,1-4H3. The van der Waals surface area contributed by atoms with Crippen molar-refractivity contribution in [3.63, 3.8) is 0 Å². The summed E-state index contributed by atoms with van der Waals surface area (Å²) in [4.78, 5) is 14.1. The van der Waals surface area contributed by atoms with Gasteiger partial charge in [-0.05, 0) is 36.1 Å². The Labute approximate surface area is 109 Å². The zero-order chi connectivity index (χ0) is 13.3. The van der Waals surface area contributed by atoms with Crippen molar-refractivity contribution >= 4 is 17.3 Å². The van der Waals surface area contributed by atoms with E-state index in [0.717, 1.165) is 17.8 Å². The lowest BCUT2D eigenvalue weighted by atomic mass is 9.85. The topological polar surface area (TPSA) is 32.3 Å². The molecular formula is C15H22N2O. The molecular weight excluding hydrogens is 224 g/mol. The first-order chi connectivity index (χ1) is 8.43. The van der Waals surface area contributed by atoms with E-state index in [-0.39, 0.29) is 11.3 Å². The van der Waals surface area contributed by atoms with E-state index in [9.17, 15) is 4.79 Å². The van der Waals surface area contributed by atoms with Crippen LogP contribution in [0.4, 0.5) is 11.4 Å². The molecule has 1 aliphatic rings. The van der Waals surface area contributed by atoms with Gasteiger partial charge in [-0.2, -0.15) is 0 Å². The fourth-order valence-corrected chi connectivity index (χ4v) is 2.62. The molecule has 1 aromatic rings. The quantitative estimate of drug-likeness (QED) is 0.868. The number of carbonyl (C=O) groups excluding carboxylic acids is 1. The van der Waals surface area contributed by atoms with Gasteiger partial charge in [-0.1, -0.05) is 20.8 Å². The molecule has 0 spiro atoms. The van der Waals surface area contributed by atoms with E-state index >= 15 is 0 Å². The number of benzene rings is 1. The van der Waals surface area contributed by atoms with E-state index in [1.165, 1.54) is 0 Å². The minimum Gasteiger partial charge on any atom is -0.388 e. The van der Waals surface area contributed by atoms with Gasteiger partial charge in [0.15, 0.2) is 0 Å². The summed E-state index contributed by atoms with van der Waals surface area (Å²) < 4.78 is 0. The van der Waals surface area contributed by atoms with Gasteiger partial charge in [-0.25, -0.2) is 0 Å². The van der Waals surface area contributed by atoms with E-state index in [1.807, 2.05) is 36.2 Å². The summed E-state index contributed by atoms with van der Waals surface area (Å²) in [6.45, 7) is 6.60. The first-order valence-electron chi connectivity index (χ1n) is 6.53. The van der Waals surface area contributed by atoms with E-state index in [4.69, 9.17) is 0 Å². The second-order valence-electron chi connectivity index (χ2n) is 5.98. The molecule has 1 heterocycles. The molecule has 1 fully saturated rings. The normalized spacial score (nSPS) is 20.3. The lowest BCUT2D eigenvalue weighted by Crippen LogP contribution is -2.41. The maximum atomic E-state index is 12.1. The molecule has 1 N–H and O–H groups in total. The van der Waals surface area contributed by atoms with Gasteiger partial charge in [0.25, 0.3) is 0 Å². The summed E-state index contributed by atoms with van der Waals surface area (Å²) in [5.74, 6) is 0.243. The Morgan fingerprint density at radius 2 is 1.83 bits per heavy atom. The van der Waals surface area contributed by atoms with Crippen LogP contribution in [0.3, 0.4) is 0 Å². The molecule has 1 atom stereocenters. The molecule has 1 aromatic carbocycles. The second-order valence-corrected chi connectivity index (χ2v) is 5.98. The number of carbonyl (C=O) groups is 1. The fourth-order valence-electron chi connectivity index (χ4n) is 2.62. The largest absolute Gasteiger partial charge is 0.388 e. The van der Waals surface area contributed by atoms with Crippen molar-refractivity contribution < 1.29 is 4.79 Å². The summed E-state index contributed by atoms with van der Waals surface area (Å²) in [7, 11) is 1.90. The molecule has 0 aromatic heterocycles. The van der Waals surface area contributed by atoms with Crippen LogP contribution in [0.15, 0.2) is 24.3 Å². The molecule has 98 valence electrons. The Morgan fingerprint density at radius 3 is 2.33 bits per heavy atom. The molecule has 3 nitrogen and oxygen atoms in total. The lowest BCUT2D eigenvalue weighted by molar-refractivity contribution is -0.117. The smallest absolute Gasteiger partial charge is 0.227 e. The molecule has 18 heavy (non-hydrogen) atoms. The molecule has 3 heteroatoms. The van der Waals surface area contributed by atoms with Crippen LogP contribution in [0.2, 0.25) is 0 Å². The number of hydrogen-bond donors (Lipinski definition) is 1. The predicted molar refractivity (Wildman–Crippen MR) is 76.0 cm³/mol. The van der Waals surface area contributed by atoms with E-state index < -0.39 is 0 Å². The molecule has 0 aliphatic carbocycles. The van der Waals surface area contributed by atoms with Crippen molar-refractivity contribution in [2.24, 2.45) is 5.41 Å². The maximum absolute atomic E-state index is 12.1. The van der Waals surface area contributed by atoms with Crippen LogP contribution in [-0.4, -0.2) is 19.0 Å². The summed E-state index contributed by atoms with van der Waals surface area (Å²) in [5.41, 5.74) is 2.20. The first kappa shape index (κ1) is 12.9. The van der Waals surface area contributed by atoms with Crippen molar-refractivity contribution in [2.45, 2.75) is 39.7 Å². The van der Waals surface area contributed by atoms with Gasteiger partial charge in [-0.3, -0.25) is 4.79 Å². The Bertz CT molecular complexity index is 431. The van der Waals surface area contributed by atoms with Crippen LogP contribution in [0.5, 0.6) is 0 Å². The van der Waals surface area contributed by atoms with Crippen LogP contribution in [0.25, 0.3) is 0 Å². The highest BCUT2D eigenvalue weighted by molar-refractivity contribution is 5.96. The molecule has 0 saturated carbocycles. The van der Waals surface area contributed by atoms with Crippen LogP contribution >= 0.6 is 0 Å². The van der Waals surface area contributed by atoms with Crippen LogP contribution in [-0.2, 0) is 4.79 Å². The van der Waals surface area contributed by atoms with Gasteiger partial charge >= 0.3 is 0 Å². The van der Waals surface area contributed by atoms with Crippen LogP contribution < -0.4 is 10.2 Å². The van der Waals surface area contributed by atoms with Gasteiger partial charge in [0.2, 0.25) is 5.91 Å². The number of rotatable bonds is 2. The van der Waals surface area contributed by atoms with Gasteiger partial charge in [0, 0.05) is 30.9 Å². The first-order valence-corrected chi connectivity index (χ1v) is 6.53. The highest BCUT2D eigenvalue weighted by Crippen LogP contribution is 2.36. The number of amides is 1. The SMILES string of the molecule is CNc1ccc(N2C(=O)CCC2C(C)(C)C)cc1. The zero-order valence-electron chi connectivity index (χ0n) is 11.7. The van der Waals surface area contributed by atoms with Gasteiger partial charge in [0.1, 0.15) is 0 Å². The Hall–Kier alpha value is -1.51. The molecule has 0 radical (unpaired) electrons. The molecule has 2 rings (SSSR count). The van der Waals surface area contributed by atoms with Gasteiger partial charge in [-0.15, -0.1) is 0 Å². The number of nitrogens with one attached hydrogen (secondary N) is 1. The van der Waals surface area contributed by atoms with Gasteiger partial charge in [0.05, 0.1) is 0 Å². The van der Waals surface area contributed by atoms with E-state index in [1.54, 1.807) is 0 Å². The molecule has 1 unspecified atom stereocenters. The van der Waals surface area contributed by atoms with Crippen LogP contribution in [0, 0.1) is 5.41 Å². The third-order valence-corrected chi connectivity index (χ3v) is 3.65. The predicted octanol–water partition coefficient (Wildman–Crippen LogP) is 3.27. The fraction of sp³-hybridized carbons (Fsp3) is 0.533. The highest BCUT2D eigenvalue weighted by Gasteiger charge is 2.39. The number of hydrogen-bond acceptors (Lipinski definition) is 2. The summed E-state index contributed by atoms with van der Waals surface area (Å²) >= 11 is 0. The minimum atomic E-state index is 0.119. The van der Waals surface area contributed by atoms with Crippen molar-refractivity contribution in [1.82, 2.24) is 0 Å². The Balaban J connectivity index is 2.31. The second kappa shape index (κ2) is 4.63. The third kappa shape index (κ3) is 2.35. The van der Waals surface area contributed by atoms with Crippen molar-refractivity contribution in [1.29, 1.82) is 0 Å². The van der Waals surface area contributed by atoms with Crippen LogP contribution in [0.1, 0.15) is 33.6 Å². The lowest BCUT2D eigenvalue weighted by Gasteiger charge is -2.35. The average Bonchev–Trinajstić information content (AvgIpc) is 2.71. The monoisotopic (exact) mass is 246 g/mol. The van der Waals surface area contributed by atoms with Crippen molar-refractivity contribution in [2.75, 3.05) is 17.3 Å². The molecule has 1 aliphatic heterocycles. The molecule has 1 saturated heterocycles. The summed E-state index contributed by atoms with van der Waals surface area (Å²) in [6, 6.07) is 8.37. The third-order valence-electron chi connectivity index (χ3n) is 3.65. The number of nitrogens with zero attached hydrogens (tertiary/aromatic N) is 1. The Kier molecular flexibility index (Phi) is 3.33. The van der Waals surface area contributed by atoms with Crippen molar-refractivity contribution in [3.8, 4) is 0 Å². The van der Waals surface area contributed by atoms with Gasteiger partial charge < -0.3 is 10.2 Å². The van der Waals surface area contributed by atoms with E-state index in [2.05, 4.69) is 26.1 Å². The summed E-state index contributed by atoms with van der Waals surface area (Å²) in [5, 5.41) is 3.09. The molecule has 1 amide bonds. The summed E-state index contributed by atoms with van der Waals surface area (Å²) in [6.07, 6.45) is 1.62. The maximum Gasteiger partial charge on any atom is 0.227 e. The van der Waals surface area contributed by atoms with Crippen molar-refractivity contribution in [3.05, 3.63) is 24.3 Å². The number of anilines is 2. The average molecular weight is 246 g/mol. The minimum absolute atomic E-state index is 0.119. The Morgan fingerprint density at radius 1 is 1.22 bits per heavy atom. The zero-order valence-corrected chi connectivity index (χ0v) is 11.7. The molecule has 0 bridgehead atoms.